The van der Waals surface area contributed by atoms with Crippen molar-refractivity contribution >= 4 is 16.0 Å². The average Bonchev–Trinajstić information content (AvgIpc) is 2.02. The lowest BCUT2D eigenvalue weighted by atomic mass is 10.2. The van der Waals surface area contributed by atoms with E-state index in [1.165, 1.54) is 4.72 Å². The summed E-state index contributed by atoms with van der Waals surface area (Å²) in [5.41, 5.74) is 0. The summed E-state index contributed by atoms with van der Waals surface area (Å²) < 4.78 is 46.1. The molecule has 0 aliphatic carbocycles. The molecular formula is C6H9F2NO4S. The Morgan fingerprint density at radius 2 is 2.07 bits per heavy atom. The SMILES string of the molecule is C=CCC(NS(=O)(=O)C(F)F)C(=O)O. The Hall–Kier alpha value is -1.02. The maximum atomic E-state index is 11.8. The number of carboxylic acid groups (broad SMARTS) is 1. The number of hydrogen-bond donors (Lipinski definition) is 2. The van der Waals surface area contributed by atoms with Crippen LogP contribution in [0.25, 0.3) is 0 Å². The van der Waals surface area contributed by atoms with Gasteiger partial charge in [-0.05, 0) is 6.42 Å². The Morgan fingerprint density at radius 1 is 1.57 bits per heavy atom. The van der Waals surface area contributed by atoms with Gasteiger partial charge in [-0.25, -0.2) is 8.42 Å². The van der Waals surface area contributed by atoms with Gasteiger partial charge in [0.2, 0.25) is 0 Å². The second kappa shape index (κ2) is 5.01. The molecule has 0 bridgehead atoms. The molecule has 0 fully saturated rings. The van der Waals surface area contributed by atoms with Gasteiger partial charge in [-0.1, -0.05) is 6.08 Å². The minimum absolute atomic E-state index is 0.263. The van der Waals surface area contributed by atoms with Crippen LogP contribution in [0, 0.1) is 0 Å². The fourth-order valence-electron chi connectivity index (χ4n) is 0.616. The smallest absolute Gasteiger partial charge is 0.350 e. The minimum Gasteiger partial charge on any atom is -0.480 e. The number of hydrogen-bond acceptors (Lipinski definition) is 3. The highest BCUT2D eigenvalue weighted by Crippen LogP contribution is 2.05. The zero-order chi connectivity index (χ0) is 11.4. The zero-order valence-corrected chi connectivity index (χ0v) is 7.80. The van der Waals surface area contributed by atoms with Gasteiger partial charge in [0.25, 0.3) is 10.0 Å². The molecule has 0 aromatic carbocycles. The first kappa shape index (κ1) is 13.0. The molecule has 0 amide bonds. The molecular weight excluding hydrogens is 220 g/mol. The van der Waals surface area contributed by atoms with Crippen LogP contribution in [0.4, 0.5) is 8.78 Å². The van der Waals surface area contributed by atoms with Gasteiger partial charge in [0.15, 0.2) is 0 Å². The highest BCUT2D eigenvalue weighted by molar-refractivity contribution is 7.89. The van der Waals surface area contributed by atoms with E-state index in [2.05, 4.69) is 6.58 Å². The van der Waals surface area contributed by atoms with Crippen LogP contribution in [0.2, 0.25) is 0 Å². The zero-order valence-electron chi connectivity index (χ0n) is 6.98. The molecule has 1 unspecified atom stereocenters. The molecule has 0 spiro atoms. The van der Waals surface area contributed by atoms with Gasteiger partial charge in [0.05, 0.1) is 0 Å². The lowest BCUT2D eigenvalue weighted by Crippen LogP contribution is -2.42. The quantitative estimate of drug-likeness (QED) is 0.635. The van der Waals surface area contributed by atoms with Crippen LogP contribution >= 0.6 is 0 Å². The monoisotopic (exact) mass is 229 g/mol. The first-order valence-electron chi connectivity index (χ1n) is 3.44. The molecule has 14 heavy (non-hydrogen) atoms. The van der Waals surface area contributed by atoms with Crippen molar-refractivity contribution in [3.8, 4) is 0 Å². The van der Waals surface area contributed by atoms with Crippen molar-refractivity contribution in [1.82, 2.24) is 4.72 Å². The summed E-state index contributed by atoms with van der Waals surface area (Å²) >= 11 is 0. The van der Waals surface area contributed by atoms with Crippen molar-refractivity contribution in [3.63, 3.8) is 0 Å². The van der Waals surface area contributed by atoms with Crippen molar-refractivity contribution in [1.29, 1.82) is 0 Å². The van der Waals surface area contributed by atoms with Crippen LogP contribution in [0.3, 0.4) is 0 Å². The Morgan fingerprint density at radius 3 is 2.36 bits per heavy atom. The number of nitrogens with one attached hydrogen (secondary N) is 1. The number of carbonyl (C=O) groups is 1. The van der Waals surface area contributed by atoms with Crippen LogP contribution in [0.5, 0.6) is 0 Å². The van der Waals surface area contributed by atoms with E-state index in [-0.39, 0.29) is 6.42 Å². The molecule has 2 N–H and O–H groups in total. The summed E-state index contributed by atoms with van der Waals surface area (Å²) in [4.78, 5) is 10.4. The standard InChI is InChI=1S/C6H9F2NO4S/c1-2-3-4(5(10)11)9-14(12,13)6(7)8/h2,4,6,9H,1,3H2,(H,10,11). The van der Waals surface area contributed by atoms with E-state index in [9.17, 15) is 22.0 Å². The van der Waals surface area contributed by atoms with Crippen molar-refractivity contribution in [3.05, 3.63) is 12.7 Å². The van der Waals surface area contributed by atoms with Crippen molar-refractivity contribution in [2.45, 2.75) is 18.2 Å². The van der Waals surface area contributed by atoms with Gasteiger partial charge in [0, 0.05) is 0 Å². The van der Waals surface area contributed by atoms with Crippen molar-refractivity contribution < 1.29 is 27.1 Å². The van der Waals surface area contributed by atoms with Gasteiger partial charge in [-0.15, -0.1) is 6.58 Å². The second-order valence-electron chi connectivity index (χ2n) is 2.34. The lowest BCUT2D eigenvalue weighted by Gasteiger charge is -2.11. The topological polar surface area (TPSA) is 83.5 Å². The number of sulfonamides is 1. The van der Waals surface area contributed by atoms with Gasteiger partial charge >= 0.3 is 11.7 Å². The van der Waals surface area contributed by atoms with E-state index >= 15 is 0 Å². The van der Waals surface area contributed by atoms with Crippen LogP contribution in [0.1, 0.15) is 6.42 Å². The maximum absolute atomic E-state index is 11.8. The molecule has 1 atom stereocenters. The molecule has 0 saturated heterocycles. The third-order valence-corrected chi connectivity index (χ3v) is 2.32. The lowest BCUT2D eigenvalue weighted by molar-refractivity contribution is -0.138. The van der Waals surface area contributed by atoms with E-state index in [4.69, 9.17) is 5.11 Å². The number of aliphatic carboxylic acids is 1. The molecule has 0 rings (SSSR count). The molecule has 0 aromatic rings. The molecule has 0 aromatic heterocycles. The van der Waals surface area contributed by atoms with Gasteiger partial charge in [-0.3, -0.25) is 4.79 Å². The van der Waals surface area contributed by atoms with Gasteiger partial charge < -0.3 is 5.11 Å². The van der Waals surface area contributed by atoms with Crippen LogP contribution in [-0.2, 0) is 14.8 Å². The fraction of sp³-hybridized carbons (Fsp3) is 0.500. The molecule has 0 heterocycles. The molecule has 0 radical (unpaired) electrons. The van der Waals surface area contributed by atoms with Crippen LogP contribution < -0.4 is 4.72 Å². The largest absolute Gasteiger partial charge is 0.480 e. The highest BCUT2D eigenvalue weighted by atomic mass is 32.2. The van der Waals surface area contributed by atoms with E-state index in [1.807, 2.05) is 0 Å². The van der Waals surface area contributed by atoms with Crippen molar-refractivity contribution in [2.24, 2.45) is 0 Å². The van der Waals surface area contributed by atoms with E-state index < -0.39 is 27.8 Å². The maximum Gasteiger partial charge on any atom is 0.350 e. The predicted molar refractivity (Wildman–Crippen MR) is 44.3 cm³/mol. The molecule has 8 heteroatoms. The Kier molecular flexibility index (Phi) is 4.64. The minimum atomic E-state index is -4.88. The first-order chi connectivity index (χ1) is 6.31. The summed E-state index contributed by atoms with van der Waals surface area (Å²) in [6.07, 6.45) is 0.855. The second-order valence-corrected chi connectivity index (χ2v) is 4.02. The third-order valence-electron chi connectivity index (χ3n) is 1.24. The average molecular weight is 229 g/mol. The van der Waals surface area contributed by atoms with E-state index in [0.29, 0.717) is 0 Å². The Balaban J connectivity index is 4.60. The molecule has 5 nitrogen and oxygen atoms in total. The van der Waals surface area contributed by atoms with Gasteiger partial charge in [-0.2, -0.15) is 13.5 Å². The van der Waals surface area contributed by atoms with Gasteiger partial charge in [0.1, 0.15) is 6.04 Å². The van der Waals surface area contributed by atoms with Crippen molar-refractivity contribution in [2.75, 3.05) is 0 Å². The normalized spacial score (nSPS) is 13.9. The molecule has 0 aliphatic rings. The third kappa shape index (κ3) is 3.79. The predicted octanol–water partition coefficient (Wildman–Crippen LogP) is 0.158. The first-order valence-corrected chi connectivity index (χ1v) is 4.99. The van der Waals surface area contributed by atoms with Crippen LogP contribution in [0.15, 0.2) is 12.7 Å². The summed E-state index contributed by atoms with van der Waals surface area (Å²) in [5.74, 6) is -5.18. The van der Waals surface area contributed by atoms with Crippen LogP contribution in [-0.4, -0.2) is 31.3 Å². The molecule has 0 saturated carbocycles. The van der Waals surface area contributed by atoms with E-state index in [0.717, 1.165) is 6.08 Å². The summed E-state index contributed by atoms with van der Waals surface area (Å²) in [6, 6.07) is -1.61. The van der Waals surface area contributed by atoms with E-state index in [1.54, 1.807) is 0 Å². The Labute approximate surface area is 79.5 Å². The fourth-order valence-corrected chi connectivity index (χ4v) is 1.31. The molecule has 82 valence electrons. The number of carboxylic acids is 1. The number of halogens is 2. The number of alkyl halides is 2. The highest BCUT2D eigenvalue weighted by Gasteiger charge is 2.29. The number of rotatable bonds is 6. The summed E-state index contributed by atoms with van der Waals surface area (Å²) in [5, 5.41) is 8.43. The Bertz CT molecular complexity index is 314. The summed E-state index contributed by atoms with van der Waals surface area (Å²) in [6.45, 7) is 3.17. The molecule has 0 aliphatic heterocycles. The summed E-state index contributed by atoms with van der Waals surface area (Å²) in [7, 11) is -4.88.